The van der Waals surface area contributed by atoms with E-state index in [2.05, 4.69) is 22.3 Å². The summed E-state index contributed by atoms with van der Waals surface area (Å²) in [6.07, 6.45) is 4.08. The van der Waals surface area contributed by atoms with Gasteiger partial charge in [0.25, 0.3) is 0 Å². The molecule has 0 unspecified atom stereocenters. The first-order valence-electron chi connectivity index (χ1n) is 9.55. The largest absolute Gasteiger partial charge is 0.497 e. The molecule has 1 aliphatic heterocycles. The summed E-state index contributed by atoms with van der Waals surface area (Å²) in [5.41, 5.74) is 2.18. The molecule has 1 atom stereocenters. The van der Waals surface area contributed by atoms with Crippen LogP contribution in [-0.4, -0.2) is 37.6 Å². The van der Waals surface area contributed by atoms with Crippen LogP contribution >= 0.6 is 11.6 Å². The van der Waals surface area contributed by atoms with Gasteiger partial charge in [0.05, 0.1) is 19.6 Å². The maximum absolute atomic E-state index is 12.4. The van der Waals surface area contributed by atoms with Gasteiger partial charge in [-0.25, -0.2) is 0 Å². The van der Waals surface area contributed by atoms with Gasteiger partial charge in [0.2, 0.25) is 5.91 Å². The van der Waals surface area contributed by atoms with E-state index in [4.69, 9.17) is 16.3 Å². The van der Waals surface area contributed by atoms with E-state index in [0.717, 1.165) is 24.4 Å². The van der Waals surface area contributed by atoms with Gasteiger partial charge in [-0.1, -0.05) is 42.3 Å². The third kappa shape index (κ3) is 5.72. The normalized spacial score (nSPS) is 15.9. The molecule has 1 saturated heterocycles. The van der Waals surface area contributed by atoms with Gasteiger partial charge >= 0.3 is 0 Å². The molecule has 1 amide bonds. The topological polar surface area (TPSA) is 41.6 Å². The number of nitrogens with one attached hydrogen (secondary N) is 1. The highest BCUT2D eigenvalue weighted by molar-refractivity contribution is 6.30. The van der Waals surface area contributed by atoms with E-state index in [1.54, 1.807) is 7.11 Å². The zero-order valence-electron chi connectivity index (χ0n) is 15.8. The summed E-state index contributed by atoms with van der Waals surface area (Å²) in [4.78, 5) is 14.9. The fourth-order valence-electron chi connectivity index (χ4n) is 3.57. The van der Waals surface area contributed by atoms with E-state index in [1.165, 1.54) is 24.8 Å². The Hall–Kier alpha value is -2.04. The van der Waals surface area contributed by atoms with Crippen LogP contribution in [0.15, 0.2) is 48.5 Å². The monoisotopic (exact) mass is 386 g/mol. The first-order chi connectivity index (χ1) is 13.2. The Balaban J connectivity index is 1.64. The Kier molecular flexibility index (Phi) is 7.13. The van der Waals surface area contributed by atoms with E-state index in [-0.39, 0.29) is 11.9 Å². The maximum atomic E-state index is 12.4. The predicted octanol–water partition coefficient (Wildman–Crippen LogP) is 4.23. The molecule has 0 saturated carbocycles. The Morgan fingerprint density at radius 1 is 1.07 bits per heavy atom. The van der Waals surface area contributed by atoms with E-state index in [1.807, 2.05) is 36.4 Å². The number of halogens is 1. The smallest absolute Gasteiger partial charge is 0.224 e. The molecule has 4 nitrogen and oxygen atoms in total. The molecule has 2 aromatic carbocycles. The molecule has 2 aromatic rings. The molecule has 3 rings (SSSR count). The number of likely N-dealkylation sites (tertiary alicyclic amines) is 1. The minimum absolute atomic E-state index is 0.0350. The highest BCUT2D eigenvalue weighted by atomic mass is 35.5. The molecule has 0 aliphatic carbocycles. The number of amides is 1. The molecular weight excluding hydrogens is 360 g/mol. The fraction of sp³-hybridized carbons (Fsp3) is 0.409. The molecule has 144 valence electrons. The summed E-state index contributed by atoms with van der Waals surface area (Å²) in [5.74, 6) is 0.885. The number of methoxy groups -OCH3 is 1. The van der Waals surface area contributed by atoms with Crippen molar-refractivity contribution in [3.63, 3.8) is 0 Å². The van der Waals surface area contributed by atoms with Crippen molar-refractivity contribution in [2.24, 2.45) is 0 Å². The van der Waals surface area contributed by atoms with Crippen molar-refractivity contribution in [1.29, 1.82) is 0 Å². The first kappa shape index (κ1) is 19.7. The van der Waals surface area contributed by atoms with Crippen molar-refractivity contribution >= 4 is 17.5 Å². The van der Waals surface area contributed by atoms with E-state index in [9.17, 15) is 4.79 Å². The Morgan fingerprint density at radius 2 is 1.74 bits per heavy atom. The maximum Gasteiger partial charge on any atom is 0.224 e. The van der Waals surface area contributed by atoms with Crippen molar-refractivity contribution in [1.82, 2.24) is 10.2 Å². The minimum atomic E-state index is 0.0350. The Labute approximate surface area is 166 Å². The molecule has 0 aromatic heterocycles. The number of hydrogen-bond donors (Lipinski definition) is 1. The molecule has 0 spiro atoms. The van der Waals surface area contributed by atoms with Crippen LogP contribution in [0.5, 0.6) is 5.75 Å². The number of ether oxygens (including phenoxy) is 1. The van der Waals surface area contributed by atoms with E-state index < -0.39 is 0 Å². The average molecular weight is 387 g/mol. The third-order valence-electron chi connectivity index (χ3n) is 5.10. The summed E-state index contributed by atoms with van der Waals surface area (Å²) in [5, 5.41) is 3.81. The van der Waals surface area contributed by atoms with Crippen LogP contribution in [0.25, 0.3) is 0 Å². The zero-order chi connectivity index (χ0) is 19.1. The van der Waals surface area contributed by atoms with Crippen LogP contribution in [-0.2, 0) is 11.2 Å². The lowest BCUT2D eigenvalue weighted by molar-refractivity contribution is -0.120. The number of rotatable bonds is 7. The predicted molar refractivity (Wildman–Crippen MR) is 109 cm³/mol. The van der Waals surface area contributed by atoms with Crippen molar-refractivity contribution in [3.05, 3.63) is 64.7 Å². The van der Waals surface area contributed by atoms with Crippen molar-refractivity contribution in [2.45, 2.75) is 31.7 Å². The van der Waals surface area contributed by atoms with Gasteiger partial charge < -0.3 is 10.1 Å². The van der Waals surface area contributed by atoms with Gasteiger partial charge in [0, 0.05) is 11.6 Å². The molecule has 1 aliphatic rings. The molecule has 5 heteroatoms. The van der Waals surface area contributed by atoms with Gasteiger partial charge in [0.15, 0.2) is 0 Å². The van der Waals surface area contributed by atoms with Crippen LogP contribution in [0.4, 0.5) is 0 Å². The average Bonchev–Trinajstić information content (AvgIpc) is 2.71. The van der Waals surface area contributed by atoms with Gasteiger partial charge in [0.1, 0.15) is 5.75 Å². The number of piperidine rings is 1. The van der Waals surface area contributed by atoms with Crippen LogP contribution in [0.3, 0.4) is 0 Å². The quantitative estimate of drug-likeness (QED) is 0.774. The van der Waals surface area contributed by atoms with E-state index in [0.29, 0.717) is 18.0 Å². The summed E-state index contributed by atoms with van der Waals surface area (Å²) >= 11 is 5.91. The first-order valence-corrected chi connectivity index (χ1v) is 9.92. The summed E-state index contributed by atoms with van der Waals surface area (Å²) in [6, 6.07) is 15.8. The molecule has 0 bridgehead atoms. The number of carbonyl (C=O) groups excluding carboxylic acids is 1. The highest BCUT2D eigenvalue weighted by Crippen LogP contribution is 2.26. The second-order valence-corrected chi connectivity index (χ2v) is 7.43. The van der Waals surface area contributed by atoms with Gasteiger partial charge in [-0.05, 0) is 61.3 Å². The van der Waals surface area contributed by atoms with Crippen LogP contribution in [0.1, 0.15) is 36.4 Å². The molecule has 1 heterocycles. The number of nitrogens with zero attached hydrogens (tertiary/aromatic N) is 1. The minimum Gasteiger partial charge on any atom is -0.497 e. The lowest BCUT2D eigenvalue weighted by Gasteiger charge is -2.35. The van der Waals surface area contributed by atoms with Crippen LogP contribution in [0, 0.1) is 0 Å². The Bertz CT molecular complexity index is 725. The van der Waals surface area contributed by atoms with Crippen LogP contribution < -0.4 is 10.1 Å². The molecular formula is C22H27ClN2O2. The fourth-order valence-corrected chi connectivity index (χ4v) is 3.70. The number of hydrogen-bond acceptors (Lipinski definition) is 3. The third-order valence-corrected chi connectivity index (χ3v) is 5.35. The number of benzene rings is 2. The Morgan fingerprint density at radius 3 is 2.37 bits per heavy atom. The lowest BCUT2D eigenvalue weighted by Crippen LogP contribution is -2.41. The van der Waals surface area contributed by atoms with Gasteiger partial charge in [-0.3, -0.25) is 9.69 Å². The van der Waals surface area contributed by atoms with Gasteiger partial charge in [-0.2, -0.15) is 0 Å². The van der Waals surface area contributed by atoms with Crippen molar-refractivity contribution in [2.75, 3.05) is 26.7 Å². The number of carbonyl (C=O) groups is 1. The molecule has 1 fully saturated rings. The lowest BCUT2D eigenvalue weighted by atomic mass is 10.0. The van der Waals surface area contributed by atoms with Crippen molar-refractivity contribution in [3.8, 4) is 5.75 Å². The molecule has 0 radical (unpaired) electrons. The summed E-state index contributed by atoms with van der Waals surface area (Å²) in [6.45, 7) is 2.76. The van der Waals surface area contributed by atoms with Crippen LogP contribution in [0.2, 0.25) is 5.02 Å². The zero-order valence-corrected chi connectivity index (χ0v) is 16.5. The van der Waals surface area contributed by atoms with E-state index >= 15 is 0 Å². The summed E-state index contributed by atoms with van der Waals surface area (Å²) < 4.78 is 5.27. The molecule has 1 N–H and O–H groups in total. The van der Waals surface area contributed by atoms with Crippen molar-refractivity contribution < 1.29 is 9.53 Å². The van der Waals surface area contributed by atoms with Gasteiger partial charge in [-0.15, -0.1) is 0 Å². The SMILES string of the molecule is COc1ccc([C@H](CNC(=O)Cc2ccc(Cl)cc2)N2CCCCC2)cc1. The standard InChI is InChI=1S/C22H27ClN2O2/c1-27-20-11-7-18(8-12-20)21(25-13-3-2-4-14-25)16-24-22(26)15-17-5-9-19(23)10-6-17/h5-12,21H,2-4,13-16H2,1H3,(H,24,26)/t21-/m0/s1. The second kappa shape index (κ2) is 9.77. The summed E-state index contributed by atoms with van der Waals surface area (Å²) in [7, 11) is 1.67. The second-order valence-electron chi connectivity index (χ2n) is 6.99. The highest BCUT2D eigenvalue weighted by Gasteiger charge is 2.23. The molecule has 27 heavy (non-hydrogen) atoms.